The zero-order valence-corrected chi connectivity index (χ0v) is 11.9. The second-order valence-corrected chi connectivity index (χ2v) is 5.21. The third kappa shape index (κ3) is 3.32. The highest BCUT2D eigenvalue weighted by atomic mass is 16.6. The Morgan fingerprint density at radius 2 is 2.00 bits per heavy atom. The van der Waals surface area contributed by atoms with E-state index >= 15 is 0 Å². The van der Waals surface area contributed by atoms with Gasteiger partial charge >= 0.3 is 0 Å². The van der Waals surface area contributed by atoms with Gasteiger partial charge in [0.2, 0.25) is 5.91 Å². The molecule has 106 valence electrons. The first-order valence-corrected chi connectivity index (χ1v) is 6.91. The largest absolute Gasteiger partial charge is 0.340 e. The molecule has 1 unspecified atom stereocenters. The smallest absolute Gasteiger partial charge is 0.225 e. The van der Waals surface area contributed by atoms with E-state index in [1.54, 1.807) is 0 Å². The second kappa shape index (κ2) is 6.14. The van der Waals surface area contributed by atoms with E-state index in [9.17, 15) is 4.79 Å². The van der Waals surface area contributed by atoms with Crippen molar-refractivity contribution in [1.29, 1.82) is 0 Å². The van der Waals surface area contributed by atoms with Crippen LogP contribution in [0.25, 0.3) is 0 Å². The van der Waals surface area contributed by atoms with Crippen molar-refractivity contribution in [2.24, 2.45) is 5.92 Å². The highest BCUT2D eigenvalue weighted by Gasteiger charge is 2.24. The summed E-state index contributed by atoms with van der Waals surface area (Å²) in [6.07, 6.45) is 0.906. The van der Waals surface area contributed by atoms with Crippen LogP contribution in [0.4, 0.5) is 0 Å². The molecule has 1 aromatic rings. The molecular weight excluding hydrogens is 244 g/mol. The zero-order valence-electron chi connectivity index (χ0n) is 11.9. The topological polar surface area (TPSA) is 62.5 Å². The summed E-state index contributed by atoms with van der Waals surface area (Å²) in [5, 5.41) is 7.68. The minimum absolute atomic E-state index is 0.133. The number of piperazine rings is 1. The molecule has 1 aliphatic rings. The first kappa shape index (κ1) is 14.0. The second-order valence-electron chi connectivity index (χ2n) is 5.21. The van der Waals surface area contributed by atoms with Crippen molar-refractivity contribution in [3.05, 3.63) is 11.4 Å². The molecule has 1 aromatic heterocycles. The Kier molecular flexibility index (Phi) is 4.52. The summed E-state index contributed by atoms with van der Waals surface area (Å²) in [7, 11) is 0. The van der Waals surface area contributed by atoms with Crippen LogP contribution in [-0.2, 0) is 11.3 Å². The minimum Gasteiger partial charge on any atom is -0.340 e. The first-order chi connectivity index (χ1) is 9.11. The highest BCUT2D eigenvalue weighted by Crippen LogP contribution is 2.12. The van der Waals surface area contributed by atoms with Crippen molar-refractivity contribution < 1.29 is 9.42 Å². The quantitative estimate of drug-likeness (QED) is 0.815. The van der Waals surface area contributed by atoms with Crippen molar-refractivity contribution in [2.45, 2.75) is 33.7 Å². The van der Waals surface area contributed by atoms with Gasteiger partial charge in [-0.2, -0.15) is 0 Å². The van der Waals surface area contributed by atoms with Crippen LogP contribution in [0, 0.1) is 12.8 Å². The molecule has 1 amide bonds. The number of rotatable bonds is 4. The lowest BCUT2D eigenvalue weighted by atomic mass is 10.1. The molecule has 1 atom stereocenters. The molecule has 2 heterocycles. The molecule has 6 heteroatoms. The van der Waals surface area contributed by atoms with E-state index in [4.69, 9.17) is 4.63 Å². The minimum atomic E-state index is 0.133. The summed E-state index contributed by atoms with van der Waals surface area (Å²) >= 11 is 0. The number of hydrogen-bond donors (Lipinski definition) is 0. The molecule has 1 fully saturated rings. The normalized spacial score (nSPS) is 18.6. The molecule has 0 radical (unpaired) electrons. The Morgan fingerprint density at radius 3 is 2.53 bits per heavy atom. The van der Waals surface area contributed by atoms with Gasteiger partial charge in [0.1, 0.15) is 11.4 Å². The number of aryl methyl sites for hydroxylation is 1. The van der Waals surface area contributed by atoms with E-state index in [1.165, 1.54) is 0 Å². The van der Waals surface area contributed by atoms with Gasteiger partial charge in [-0.25, -0.2) is 4.63 Å². The molecule has 1 aliphatic heterocycles. The van der Waals surface area contributed by atoms with Gasteiger partial charge in [-0.3, -0.25) is 9.69 Å². The molecule has 0 aliphatic carbocycles. The van der Waals surface area contributed by atoms with E-state index in [1.807, 2.05) is 18.7 Å². The van der Waals surface area contributed by atoms with Crippen LogP contribution in [0.2, 0.25) is 0 Å². The zero-order chi connectivity index (χ0) is 13.8. The van der Waals surface area contributed by atoms with Crippen LogP contribution < -0.4 is 0 Å². The van der Waals surface area contributed by atoms with E-state index in [-0.39, 0.29) is 11.8 Å². The summed E-state index contributed by atoms with van der Waals surface area (Å²) in [5.41, 5.74) is 1.74. The maximum atomic E-state index is 12.1. The van der Waals surface area contributed by atoms with Crippen LogP contribution in [0.15, 0.2) is 4.63 Å². The third-order valence-corrected chi connectivity index (χ3v) is 3.84. The first-order valence-electron chi connectivity index (χ1n) is 6.91. The number of aromatic nitrogens is 2. The van der Waals surface area contributed by atoms with Gasteiger partial charge < -0.3 is 4.90 Å². The summed E-state index contributed by atoms with van der Waals surface area (Å²) in [5.74, 6) is 0.412. The fourth-order valence-electron chi connectivity index (χ4n) is 2.22. The van der Waals surface area contributed by atoms with E-state index in [0.717, 1.165) is 50.5 Å². The average molecular weight is 266 g/mol. The monoisotopic (exact) mass is 266 g/mol. The van der Waals surface area contributed by atoms with Crippen LogP contribution in [0.5, 0.6) is 0 Å². The molecule has 1 saturated heterocycles. The summed E-state index contributed by atoms with van der Waals surface area (Å²) in [6, 6.07) is 0. The molecule has 0 saturated carbocycles. The molecule has 0 bridgehead atoms. The van der Waals surface area contributed by atoms with Crippen molar-refractivity contribution >= 4 is 5.91 Å². The number of amides is 1. The predicted octanol–water partition coefficient (Wildman–Crippen LogP) is 1.07. The molecule has 19 heavy (non-hydrogen) atoms. The number of carbonyl (C=O) groups is 1. The summed E-state index contributed by atoms with van der Waals surface area (Å²) in [4.78, 5) is 16.3. The van der Waals surface area contributed by atoms with Crippen molar-refractivity contribution in [3.63, 3.8) is 0 Å². The van der Waals surface area contributed by atoms with E-state index in [2.05, 4.69) is 22.1 Å². The van der Waals surface area contributed by atoms with Gasteiger partial charge in [0.05, 0.1) is 0 Å². The number of nitrogens with zero attached hydrogens (tertiary/aromatic N) is 4. The Bertz CT molecular complexity index is 424. The predicted molar refractivity (Wildman–Crippen MR) is 70.3 cm³/mol. The summed E-state index contributed by atoms with van der Waals surface area (Å²) < 4.78 is 4.70. The van der Waals surface area contributed by atoms with Crippen LogP contribution in [0.1, 0.15) is 31.7 Å². The Labute approximate surface area is 113 Å². The van der Waals surface area contributed by atoms with Crippen molar-refractivity contribution in [1.82, 2.24) is 20.1 Å². The Morgan fingerprint density at radius 1 is 1.32 bits per heavy atom. The average Bonchev–Trinajstić information content (AvgIpc) is 2.83. The van der Waals surface area contributed by atoms with Gasteiger partial charge in [-0.05, 0) is 13.3 Å². The van der Waals surface area contributed by atoms with Gasteiger partial charge in [0.25, 0.3) is 0 Å². The maximum Gasteiger partial charge on any atom is 0.225 e. The number of hydrogen-bond acceptors (Lipinski definition) is 5. The Hall–Kier alpha value is -1.43. The van der Waals surface area contributed by atoms with Gasteiger partial charge in [0.15, 0.2) is 0 Å². The fraction of sp³-hybridized carbons (Fsp3) is 0.769. The lowest BCUT2D eigenvalue weighted by Gasteiger charge is -2.35. The van der Waals surface area contributed by atoms with Gasteiger partial charge in [-0.15, -0.1) is 0 Å². The van der Waals surface area contributed by atoms with Gasteiger partial charge in [-0.1, -0.05) is 24.2 Å². The molecule has 2 rings (SSSR count). The number of carbonyl (C=O) groups excluding carboxylic acids is 1. The van der Waals surface area contributed by atoms with Gasteiger partial charge in [0, 0.05) is 38.6 Å². The Balaban J connectivity index is 1.83. The molecule has 0 aromatic carbocycles. The van der Waals surface area contributed by atoms with Crippen molar-refractivity contribution in [2.75, 3.05) is 26.2 Å². The molecule has 6 nitrogen and oxygen atoms in total. The van der Waals surface area contributed by atoms with E-state index < -0.39 is 0 Å². The standard InChI is InChI=1S/C13H22N4O2/c1-4-10(2)13(18)17-7-5-16(6-8-17)9-12-11(3)14-19-15-12/h10H,4-9H2,1-3H3. The lowest BCUT2D eigenvalue weighted by Crippen LogP contribution is -2.49. The highest BCUT2D eigenvalue weighted by molar-refractivity contribution is 5.78. The van der Waals surface area contributed by atoms with Crippen LogP contribution in [-0.4, -0.2) is 52.2 Å². The van der Waals surface area contributed by atoms with Crippen LogP contribution in [0.3, 0.4) is 0 Å². The third-order valence-electron chi connectivity index (χ3n) is 3.84. The van der Waals surface area contributed by atoms with Crippen LogP contribution >= 0.6 is 0 Å². The lowest BCUT2D eigenvalue weighted by molar-refractivity contribution is -0.136. The SMILES string of the molecule is CCC(C)C(=O)N1CCN(Cc2nonc2C)CC1. The molecule has 0 spiro atoms. The van der Waals surface area contributed by atoms with Crippen molar-refractivity contribution in [3.8, 4) is 0 Å². The molecule has 0 N–H and O–H groups in total. The van der Waals surface area contributed by atoms with E-state index in [0.29, 0.717) is 0 Å². The summed E-state index contributed by atoms with van der Waals surface area (Å²) in [6.45, 7) is 10.1. The fourth-order valence-corrected chi connectivity index (χ4v) is 2.22. The molecular formula is C13H22N4O2. The maximum absolute atomic E-state index is 12.1.